The van der Waals surface area contributed by atoms with Gasteiger partial charge in [0, 0.05) is 18.9 Å². The molecule has 1 aromatic carbocycles. The molecule has 200 valence electrons. The molecule has 0 saturated carbocycles. The van der Waals surface area contributed by atoms with E-state index in [1.165, 1.54) is 11.3 Å². The van der Waals surface area contributed by atoms with E-state index in [-0.39, 0.29) is 30.6 Å². The van der Waals surface area contributed by atoms with Crippen LogP contribution in [0.3, 0.4) is 0 Å². The van der Waals surface area contributed by atoms with Crippen molar-refractivity contribution in [2.45, 2.75) is 71.5 Å². The maximum absolute atomic E-state index is 13.4. The maximum atomic E-state index is 13.4. The van der Waals surface area contributed by atoms with Gasteiger partial charge in [0.15, 0.2) is 0 Å². The summed E-state index contributed by atoms with van der Waals surface area (Å²) in [6.07, 6.45) is 4.73. The highest BCUT2D eigenvalue weighted by Crippen LogP contribution is 2.15. The first kappa shape index (κ1) is 29.8. The Morgan fingerprint density at radius 3 is 2.24 bits per heavy atom. The Labute approximate surface area is 223 Å². The number of aryl methyl sites for hydroxylation is 1. The Morgan fingerprint density at radius 2 is 1.68 bits per heavy atom. The van der Waals surface area contributed by atoms with E-state index in [4.69, 9.17) is 5.73 Å². The second kappa shape index (κ2) is 14.9. The van der Waals surface area contributed by atoms with Crippen LogP contribution in [0.5, 0.6) is 0 Å². The number of rotatable bonds is 14. The van der Waals surface area contributed by atoms with Gasteiger partial charge in [-0.15, -0.1) is 11.3 Å². The topological polar surface area (TPSA) is 130 Å². The van der Waals surface area contributed by atoms with Gasteiger partial charge in [0.25, 0.3) is 5.91 Å². The van der Waals surface area contributed by atoms with Crippen molar-refractivity contribution in [3.8, 4) is 0 Å². The van der Waals surface area contributed by atoms with E-state index >= 15 is 0 Å². The molecular weight excluding hydrogens is 488 g/mol. The van der Waals surface area contributed by atoms with E-state index in [1.54, 1.807) is 18.2 Å². The third-order valence-electron chi connectivity index (χ3n) is 5.65. The molecular formula is C28H38N4O4S. The largest absolute Gasteiger partial charge is 0.370 e. The molecule has 1 heterocycles. The zero-order valence-electron chi connectivity index (χ0n) is 22.0. The normalized spacial score (nSPS) is 13.6. The lowest BCUT2D eigenvalue weighted by molar-refractivity contribution is -0.130. The van der Waals surface area contributed by atoms with Crippen LogP contribution in [0.4, 0.5) is 0 Å². The molecule has 37 heavy (non-hydrogen) atoms. The van der Waals surface area contributed by atoms with E-state index < -0.39 is 29.9 Å². The Balaban J connectivity index is 2.22. The van der Waals surface area contributed by atoms with Crippen LogP contribution >= 0.6 is 11.3 Å². The number of carbonyl (C=O) groups excluding carboxylic acids is 4. The second-order valence-corrected chi connectivity index (χ2v) is 10.5. The minimum atomic E-state index is -0.883. The monoisotopic (exact) mass is 526 g/mol. The molecule has 0 fully saturated rings. The van der Waals surface area contributed by atoms with Crippen LogP contribution < -0.4 is 21.7 Å². The van der Waals surface area contributed by atoms with Gasteiger partial charge in [0.05, 0.1) is 4.88 Å². The molecule has 0 aliphatic carbocycles. The SMILES string of the molecule is C/C=C/[C@H](CCC(N)=O)NC(=O)[C@H](Cc1ccccc1)NC(=O)[C@H](CC(C)C)NC(=O)c1cc(C)cs1. The summed E-state index contributed by atoms with van der Waals surface area (Å²) in [4.78, 5) is 51.3. The first-order valence-electron chi connectivity index (χ1n) is 12.5. The van der Waals surface area contributed by atoms with Crippen molar-refractivity contribution in [1.29, 1.82) is 0 Å². The molecule has 5 N–H and O–H groups in total. The Morgan fingerprint density at radius 1 is 1.00 bits per heavy atom. The number of hydrogen-bond donors (Lipinski definition) is 4. The molecule has 8 nitrogen and oxygen atoms in total. The number of nitrogens with one attached hydrogen (secondary N) is 3. The zero-order chi connectivity index (χ0) is 27.4. The van der Waals surface area contributed by atoms with Gasteiger partial charge in [0.2, 0.25) is 17.7 Å². The summed E-state index contributed by atoms with van der Waals surface area (Å²) in [5.41, 5.74) is 7.14. The Kier molecular flexibility index (Phi) is 12.0. The molecule has 0 aliphatic rings. The third kappa shape index (κ3) is 10.6. The summed E-state index contributed by atoms with van der Waals surface area (Å²) < 4.78 is 0. The quantitative estimate of drug-likeness (QED) is 0.282. The lowest BCUT2D eigenvalue weighted by Gasteiger charge is -2.25. The molecule has 0 unspecified atom stereocenters. The van der Waals surface area contributed by atoms with Crippen molar-refractivity contribution in [3.05, 3.63) is 69.9 Å². The lowest BCUT2D eigenvalue weighted by Crippen LogP contribution is -2.55. The minimum absolute atomic E-state index is 0.121. The van der Waals surface area contributed by atoms with Gasteiger partial charge in [-0.3, -0.25) is 19.2 Å². The fourth-order valence-corrected chi connectivity index (χ4v) is 4.64. The molecule has 4 amide bonds. The van der Waals surface area contributed by atoms with Crippen LogP contribution in [-0.2, 0) is 20.8 Å². The molecule has 2 aromatic rings. The molecule has 2 rings (SSSR count). The number of benzene rings is 1. The zero-order valence-corrected chi connectivity index (χ0v) is 22.8. The van der Waals surface area contributed by atoms with E-state index in [0.29, 0.717) is 17.7 Å². The van der Waals surface area contributed by atoms with Crippen molar-refractivity contribution in [3.63, 3.8) is 0 Å². The van der Waals surface area contributed by atoms with Gasteiger partial charge in [-0.1, -0.05) is 56.3 Å². The molecule has 0 spiro atoms. The molecule has 0 saturated heterocycles. The molecule has 1 aromatic heterocycles. The van der Waals surface area contributed by atoms with E-state index in [0.717, 1.165) is 11.1 Å². The number of carbonyl (C=O) groups is 4. The second-order valence-electron chi connectivity index (χ2n) is 9.54. The van der Waals surface area contributed by atoms with E-state index in [9.17, 15) is 19.2 Å². The van der Waals surface area contributed by atoms with Crippen LogP contribution in [0.1, 0.15) is 60.8 Å². The third-order valence-corrected chi connectivity index (χ3v) is 6.70. The molecule has 0 aliphatic heterocycles. The average Bonchev–Trinajstić information content (AvgIpc) is 3.28. The number of amides is 4. The highest BCUT2D eigenvalue weighted by atomic mass is 32.1. The average molecular weight is 527 g/mol. The smallest absolute Gasteiger partial charge is 0.262 e. The molecule has 9 heteroatoms. The van der Waals surface area contributed by atoms with Crippen LogP contribution in [0.15, 0.2) is 53.9 Å². The van der Waals surface area contributed by atoms with Gasteiger partial charge in [-0.25, -0.2) is 0 Å². The van der Waals surface area contributed by atoms with Gasteiger partial charge in [0.1, 0.15) is 12.1 Å². The fraction of sp³-hybridized carbons (Fsp3) is 0.429. The summed E-state index contributed by atoms with van der Waals surface area (Å²) in [7, 11) is 0. The number of hydrogen-bond acceptors (Lipinski definition) is 5. The first-order chi connectivity index (χ1) is 17.6. The Bertz CT molecular complexity index is 1080. The highest BCUT2D eigenvalue weighted by molar-refractivity contribution is 7.12. The summed E-state index contributed by atoms with van der Waals surface area (Å²) in [5.74, 6) is -1.44. The van der Waals surface area contributed by atoms with Gasteiger partial charge in [-0.2, -0.15) is 0 Å². The van der Waals surface area contributed by atoms with Crippen molar-refractivity contribution in [2.75, 3.05) is 0 Å². The maximum Gasteiger partial charge on any atom is 0.262 e. The molecule has 0 bridgehead atoms. The summed E-state index contributed by atoms with van der Waals surface area (Å²) in [6.45, 7) is 7.66. The predicted molar refractivity (Wildman–Crippen MR) is 147 cm³/mol. The molecule has 0 radical (unpaired) electrons. The van der Waals surface area contributed by atoms with Gasteiger partial charge in [-0.05, 0) is 55.2 Å². The summed E-state index contributed by atoms with van der Waals surface area (Å²) in [6, 6.07) is 9.07. The van der Waals surface area contributed by atoms with Crippen LogP contribution in [0.25, 0.3) is 0 Å². The summed E-state index contributed by atoms with van der Waals surface area (Å²) in [5, 5.41) is 10.5. The number of thiophene rings is 1. The standard InChI is InChI=1S/C28H38N4O4S/c1-5-9-21(12-13-25(29)33)30-26(34)23(16-20-10-7-6-8-11-20)31-27(35)22(14-18(2)3)32-28(36)24-15-19(4)17-37-24/h5-11,15,17-18,21-23H,12-14,16H2,1-4H3,(H2,29,33)(H,30,34)(H,31,35)(H,32,36)/b9-5+/t21-,22+,23+/m1/s1. The fourth-order valence-electron chi connectivity index (χ4n) is 3.84. The van der Waals surface area contributed by atoms with Crippen molar-refractivity contribution in [1.82, 2.24) is 16.0 Å². The van der Waals surface area contributed by atoms with Crippen molar-refractivity contribution < 1.29 is 19.2 Å². The summed E-state index contributed by atoms with van der Waals surface area (Å²) >= 11 is 1.32. The number of primary amides is 1. The Hall–Kier alpha value is -3.46. The minimum Gasteiger partial charge on any atom is -0.370 e. The van der Waals surface area contributed by atoms with Crippen LogP contribution in [-0.4, -0.2) is 41.8 Å². The van der Waals surface area contributed by atoms with Crippen LogP contribution in [0, 0.1) is 12.8 Å². The van der Waals surface area contributed by atoms with E-state index in [2.05, 4.69) is 16.0 Å². The van der Waals surface area contributed by atoms with Crippen molar-refractivity contribution >= 4 is 35.0 Å². The molecule has 3 atom stereocenters. The first-order valence-corrected chi connectivity index (χ1v) is 13.4. The highest BCUT2D eigenvalue weighted by Gasteiger charge is 2.29. The van der Waals surface area contributed by atoms with Crippen molar-refractivity contribution in [2.24, 2.45) is 11.7 Å². The lowest BCUT2D eigenvalue weighted by atomic mass is 10.0. The van der Waals surface area contributed by atoms with Gasteiger partial charge >= 0.3 is 0 Å². The van der Waals surface area contributed by atoms with Gasteiger partial charge < -0.3 is 21.7 Å². The predicted octanol–water partition coefficient (Wildman–Crippen LogP) is 3.25. The van der Waals surface area contributed by atoms with Crippen LogP contribution in [0.2, 0.25) is 0 Å². The van der Waals surface area contributed by atoms with E-state index in [1.807, 2.05) is 63.4 Å². The number of nitrogens with two attached hydrogens (primary N) is 1. The number of allylic oxidation sites excluding steroid dienone is 1.